The molecule has 0 heterocycles. The quantitative estimate of drug-likeness (QED) is 0.574. The number of rotatable bonds is 2. The molecular formula is C15H16O2. The summed E-state index contributed by atoms with van der Waals surface area (Å²) in [6.07, 6.45) is 5.55. The largest absolute Gasteiger partial charge is 0.469 e. The fourth-order valence-electron chi connectivity index (χ4n) is 3.41. The van der Waals surface area contributed by atoms with Gasteiger partial charge in [0.05, 0.1) is 13.0 Å². The Morgan fingerprint density at radius 2 is 1.88 bits per heavy atom. The molecule has 2 unspecified atom stereocenters. The summed E-state index contributed by atoms with van der Waals surface area (Å²) in [5.74, 6) is 1.14. The van der Waals surface area contributed by atoms with Crippen LogP contribution in [0, 0.1) is 17.8 Å². The molecule has 0 N–H and O–H groups in total. The number of allylic oxidation sites excluding steroid dienone is 2. The van der Waals surface area contributed by atoms with E-state index >= 15 is 0 Å². The fourth-order valence-corrected chi connectivity index (χ4v) is 3.41. The van der Waals surface area contributed by atoms with Crippen LogP contribution in [-0.2, 0) is 9.53 Å². The van der Waals surface area contributed by atoms with Crippen LogP contribution in [-0.4, -0.2) is 13.1 Å². The Kier molecular flexibility index (Phi) is 2.50. The topological polar surface area (TPSA) is 26.3 Å². The molecule has 0 spiro atoms. The lowest BCUT2D eigenvalue weighted by atomic mass is 9.78. The van der Waals surface area contributed by atoms with Crippen LogP contribution in [0.2, 0.25) is 0 Å². The first-order valence-corrected chi connectivity index (χ1v) is 6.12. The van der Waals surface area contributed by atoms with Crippen molar-refractivity contribution in [3.05, 3.63) is 48.0 Å². The summed E-state index contributed by atoms with van der Waals surface area (Å²) in [4.78, 5) is 11.9. The van der Waals surface area contributed by atoms with Crippen LogP contribution >= 0.6 is 0 Å². The lowest BCUT2D eigenvalue weighted by molar-refractivity contribution is -0.146. The van der Waals surface area contributed by atoms with Gasteiger partial charge in [-0.1, -0.05) is 42.5 Å². The van der Waals surface area contributed by atoms with E-state index in [2.05, 4.69) is 24.3 Å². The van der Waals surface area contributed by atoms with Gasteiger partial charge in [-0.3, -0.25) is 4.79 Å². The lowest BCUT2D eigenvalue weighted by Crippen LogP contribution is -2.27. The molecule has 2 aliphatic carbocycles. The second kappa shape index (κ2) is 4.02. The molecule has 4 atom stereocenters. The number of ether oxygens (including phenoxy) is 1. The minimum absolute atomic E-state index is 0.0115. The number of carbonyl (C=O) groups excluding carboxylic acids is 1. The number of hydrogen-bond acceptors (Lipinski definition) is 2. The molecular weight excluding hydrogens is 212 g/mol. The highest BCUT2D eigenvalue weighted by Gasteiger charge is 2.49. The van der Waals surface area contributed by atoms with Crippen molar-refractivity contribution in [2.24, 2.45) is 17.8 Å². The summed E-state index contributed by atoms with van der Waals surface area (Å²) >= 11 is 0. The van der Waals surface area contributed by atoms with Gasteiger partial charge in [0.25, 0.3) is 0 Å². The molecule has 2 bridgehead atoms. The van der Waals surface area contributed by atoms with Crippen LogP contribution in [0.1, 0.15) is 17.9 Å². The van der Waals surface area contributed by atoms with Crippen molar-refractivity contribution >= 4 is 5.97 Å². The van der Waals surface area contributed by atoms with Crippen molar-refractivity contribution in [2.45, 2.75) is 12.3 Å². The Hall–Kier alpha value is -1.57. The number of methoxy groups -OCH3 is 1. The highest BCUT2D eigenvalue weighted by Crippen LogP contribution is 2.53. The van der Waals surface area contributed by atoms with Gasteiger partial charge in [-0.25, -0.2) is 0 Å². The van der Waals surface area contributed by atoms with Gasteiger partial charge in [0, 0.05) is 5.92 Å². The zero-order chi connectivity index (χ0) is 11.8. The summed E-state index contributed by atoms with van der Waals surface area (Å²) in [5.41, 5.74) is 1.26. The van der Waals surface area contributed by atoms with E-state index < -0.39 is 0 Å². The first kappa shape index (κ1) is 10.6. The summed E-state index contributed by atoms with van der Waals surface area (Å²) < 4.78 is 4.97. The SMILES string of the molecule is COC(=O)[C@@H]1C2C=CC(C2)[C@H]1c1ccccc1. The van der Waals surface area contributed by atoms with E-state index in [9.17, 15) is 4.79 Å². The van der Waals surface area contributed by atoms with E-state index in [0.717, 1.165) is 6.42 Å². The molecule has 0 aromatic heterocycles. The molecule has 3 rings (SSSR count). The third-order valence-electron chi connectivity index (χ3n) is 4.12. The predicted molar refractivity (Wildman–Crippen MR) is 65.4 cm³/mol. The number of fused-ring (bicyclic) bond motifs is 2. The van der Waals surface area contributed by atoms with Crippen molar-refractivity contribution in [2.75, 3.05) is 7.11 Å². The molecule has 1 aromatic rings. The summed E-state index contributed by atoms with van der Waals surface area (Å²) in [5, 5.41) is 0. The fraction of sp³-hybridized carbons (Fsp3) is 0.400. The Balaban J connectivity index is 1.97. The van der Waals surface area contributed by atoms with E-state index in [-0.39, 0.29) is 11.9 Å². The molecule has 17 heavy (non-hydrogen) atoms. The minimum atomic E-state index is -0.0595. The maximum absolute atomic E-state index is 11.9. The molecule has 2 heteroatoms. The zero-order valence-electron chi connectivity index (χ0n) is 9.87. The van der Waals surface area contributed by atoms with Crippen molar-refractivity contribution in [1.29, 1.82) is 0 Å². The number of benzene rings is 1. The first-order valence-electron chi connectivity index (χ1n) is 6.12. The molecule has 1 fully saturated rings. The van der Waals surface area contributed by atoms with Crippen LogP contribution in [0.3, 0.4) is 0 Å². The normalized spacial score (nSPS) is 33.9. The van der Waals surface area contributed by atoms with Crippen LogP contribution in [0.15, 0.2) is 42.5 Å². The van der Waals surface area contributed by atoms with Crippen LogP contribution < -0.4 is 0 Å². The molecule has 0 aliphatic heterocycles. The van der Waals surface area contributed by atoms with Gasteiger partial charge in [-0.2, -0.15) is 0 Å². The third kappa shape index (κ3) is 1.59. The van der Waals surface area contributed by atoms with E-state index in [1.165, 1.54) is 12.7 Å². The minimum Gasteiger partial charge on any atom is -0.469 e. The molecule has 2 nitrogen and oxygen atoms in total. The Morgan fingerprint density at radius 1 is 1.18 bits per heavy atom. The number of hydrogen-bond donors (Lipinski definition) is 0. The van der Waals surface area contributed by atoms with E-state index in [1.54, 1.807) is 0 Å². The van der Waals surface area contributed by atoms with Gasteiger partial charge in [0.1, 0.15) is 0 Å². The second-order valence-corrected chi connectivity index (χ2v) is 4.93. The lowest BCUT2D eigenvalue weighted by Gasteiger charge is -2.26. The van der Waals surface area contributed by atoms with Gasteiger partial charge in [-0.15, -0.1) is 0 Å². The van der Waals surface area contributed by atoms with Crippen LogP contribution in [0.25, 0.3) is 0 Å². The van der Waals surface area contributed by atoms with Crippen LogP contribution in [0.5, 0.6) is 0 Å². The van der Waals surface area contributed by atoms with Crippen molar-refractivity contribution in [3.8, 4) is 0 Å². The smallest absolute Gasteiger partial charge is 0.309 e. The third-order valence-corrected chi connectivity index (χ3v) is 4.12. The highest BCUT2D eigenvalue weighted by atomic mass is 16.5. The second-order valence-electron chi connectivity index (χ2n) is 4.93. The molecule has 2 aliphatic rings. The number of carbonyl (C=O) groups is 1. The Bertz CT molecular complexity index is 449. The molecule has 0 radical (unpaired) electrons. The monoisotopic (exact) mass is 228 g/mol. The van der Waals surface area contributed by atoms with Crippen LogP contribution in [0.4, 0.5) is 0 Å². The average molecular weight is 228 g/mol. The summed E-state index contributed by atoms with van der Waals surface area (Å²) in [7, 11) is 1.49. The van der Waals surface area contributed by atoms with Gasteiger partial charge in [0.2, 0.25) is 0 Å². The Morgan fingerprint density at radius 3 is 2.59 bits per heavy atom. The highest BCUT2D eigenvalue weighted by molar-refractivity contribution is 5.75. The first-order chi connectivity index (χ1) is 8.31. The summed E-state index contributed by atoms with van der Waals surface area (Å²) in [6, 6.07) is 10.3. The standard InChI is InChI=1S/C15H16O2/c1-17-15(16)14-12-8-7-11(9-12)13(14)10-5-3-2-4-6-10/h2-8,11-14H,9H2,1H3/t11?,12?,13-,14-/m1/s1. The van der Waals surface area contributed by atoms with E-state index in [1.807, 2.05) is 18.2 Å². The van der Waals surface area contributed by atoms with Crippen molar-refractivity contribution < 1.29 is 9.53 Å². The maximum Gasteiger partial charge on any atom is 0.309 e. The average Bonchev–Trinajstić information content (AvgIpc) is 2.99. The van der Waals surface area contributed by atoms with E-state index in [0.29, 0.717) is 17.8 Å². The predicted octanol–water partition coefficient (Wildman–Crippen LogP) is 2.77. The van der Waals surface area contributed by atoms with Crippen molar-refractivity contribution in [3.63, 3.8) is 0 Å². The van der Waals surface area contributed by atoms with Gasteiger partial charge >= 0.3 is 5.97 Å². The van der Waals surface area contributed by atoms with E-state index in [4.69, 9.17) is 4.74 Å². The van der Waals surface area contributed by atoms with Gasteiger partial charge < -0.3 is 4.74 Å². The number of esters is 1. The van der Waals surface area contributed by atoms with Crippen molar-refractivity contribution in [1.82, 2.24) is 0 Å². The molecule has 0 amide bonds. The maximum atomic E-state index is 11.9. The molecule has 1 aromatic carbocycles. The van der Waals surface area contributed by atoms with Gasteiger partial charge in [-0.05, 0) is 23.8 Å². The Labute approximate surface area is 101 Å². The zero-order valence-corrected chi connectivity index (χ0v) is 9.87. The summed E-state index contributed by atoms with van der Waals surface area (Å²) in [6.45, 7) is 0. The van der Waals surface area contributed by atoms with Gasteiger partial charge in [0.15, 0.2) is 0 Å². The molecule has 88 valence electrons. The molecule has 0 saturated heterocycles. The molecule has 1 saturated carbocycles.